The SMILES string of the molecule is O=c1[nH]c(=O)c2[nH]c(-c3ccc(NCc4ccco4)nc3)nc2[nH]1. The van der Waals surface area contributed by atoms with Crippen LogP contribution < -0.4 is 16.6 Å². The van der Waals surface area contributed by atoms with Gasteiger partial charge in [-0.05, 0) is 24.3 Å². The van der Waals surface area contributed by atoms with E-state index in [1.807, 2.05) is 18.2 Å². The smallest absolute Gasteiger partial charge is 0.327 e. The highest BCUT2D eigenvalue weighted by molar-refractivity contribution is 5.74. The average Bonchev–Trinajstić information content (AvgIpc) is 3.22. The zero-order valence-electron chi connectivity index (χ0n) is 12.3. The van der Waals surface area contributed by atoms with E-state index in [1.54, 1.807) is 18.5 Å². The third-order valence-electron chi connectivity index (χ3n) is 3.45. The number of hydrogen-bond donors (Lipinski definition) is 4. The molecule has 120 valence electrons. The van der Waals surface area contributed by atoms with Gasteiger partial charge in [0.2, 0.25) is 0 Å². The topological polar surface area (TPSA) is 132 Å². The maximum atomic E-state index is 11.7. The van der Waals surface area contributed by atoms with Gasteiger partial charge in [0, 0.05) is 11.8 Å². The number of aromatic nitrogens is 5. The van der Waals surface area contributed by atoms with E-state index in [0.29, 0.717) is 23.8 Å². The zero-order valence-corrected chi connectivity index (χ0v) is 12.3. The van der Waals surface area contributed by atoms with Crippen LogP contribution >= 0.6 is 0 Å². The molecule has 0 spiro atoms. The molecule has 0 atom stereocenters. The summed E-state index contributed by atoms with van der Waals surface area (Å²) in [6.45, 7) is 0.528. The third kappa shape index (κ3) is 2.58. The van der Waals surface area contributed by atoms with Crippen LogP contribution in [-0.2, 0) is 6.54 Å². The number of nitrogens with zero attached hydrogens (tertiary/aromatic N) is 2. The van der Waals surface area contributed by atoms with E-state index in [2.05, 4.69) is 30.2 Å². The highest BCUT2D eigenvalue weighted by Crippen LogP contribution is 2.18. The second kappa shape index (κ2) is 5.54. The van der Waals surface area contributed by atoms with Gasteiger partial charge in [0.15, 0.2) is 5.65 Å². The Labute approximate surface area is 133 Å². The first-order valence-electron chi connectivity index (χ1n) is 7.14. The van der Waals surface area contributed by atoms with E-state index in [-0.39, 0.29) is 11.2 Å². The van der Waals surface area contributed by atoms with Gasteiger partial charge in [-0.3, -0.25) is 14.8 Å². The first-order valence-corrected chi connectivity index (χ1v) is 7.14. The molecule has 4 aromatic heterocycles. The molecule has 0 bridgehead atoms. The molecular weight excluding hydrogens is 312 g/mol. The Morgan fingerprint density at radius 1 is 1.12 bits per heavy atom. The van der Waals surface area contributed by atoms with Crippen LogP contribution in [0.5, 0.6) is 0 Å². The van der Waals surface area contributed by atoms with Gasteiger partial charge in [0.1, 0.15) is 22.9 Å². The summed E-state index contributed by atoms with van der Waals surface area (Å²) >= 11 is 0. The molecule has 0 aliphatic rings. The largest absolute Gasteiger partial charge is 0.467 e. The monoisotopic (exact) mass is 324 g/mol. The first kappa shape index (κ1) is 14.0. The summed E-state index contributed by atoms with van der Waals surface area (Å²) in [5.41, 5.74) is -0.00303. The minimum Gasteiger partial charge on any atom is -0.467 e. The number of H-pyrrole nitrogens is 3. The molecule has 0 saturated carbocycles. The molecule has 4 N–H and O–H groups in total. The Morgan fingerprint density at radius 2 is 2.04 bits per heavy atom. The van der Waals surface area contributed by atoms with Gasteiger partial charge in [0.05, 0.1) is 12.8 Å². The lowest BCUT2D eigenvalue weighted by atomic mass is 10.2. The number of fused-ring (bicyclic) bond motifs is 1. The van der Waals surface area contributed by atoms with Gasteiger partial charge in [-0.25, -0.2) is 14.8 Å². The van der Waals surface area contributed by atoms with Crippen LogP contribution in [0.25, 0.3) is 22.6 Å². The molecule has 4 rings (SSSR count). The highest BCUT2D eigenvalue weighted by Gasteiger charge is 2.09. The van der Waals surface area contributed by atoms with Crippen molar-refractivity contribution in [3.05, 3.63) is 63.3 Å². The van der Waals surface area contributed by atoms with Crippen molar-refractivity contribution in [3.8, 4) is 11.4 Å². The van der Waals surface area contributed by atoms with Gasteiger partial charge in [0.25, 0.3) is 5.56 Å². The number of rotatable bonds is 4. The number of anilines is 1. The van der Waals surface area contributed by atoms with Crippen LogP contribution in [0, 0.1) is 0 Å². The summed E-state index contributed by atoms with van der Waals surface area (Å²) < 4.78 is 5.24. The Bertz CT molecular complexity index is 1090. The molecule has 9 nitrogen and oxygen atoms in total. The fourth-order valence-corrected chi connectivity index (χ4v) is 2.30. The predicted octanol–water partition coefficient (Wildman–Crippen LogP) is 1.21. The number of pyridine rings is 1. The van der Waals surface area contributed by atoms with E-state index in [4.69, 9.17) is 4.42 Å². The highest BCUT2D eigenvalue weighted by atomic mass is 16.3. The predicted molar refractivity (Wildman–Crippen MR) is 86.6 cm³/mol. The second-order valence-corrected chi connectivity index (χ2v) is 5.08. The molecule has 9 heteroatoms. The number of aromatic amines is 3. The van der Waals surface area contributed by atoms with E-state index in [0.717, 1.165) is 5.76 Å². The zero-order chi connectivity index (χ0) is 16.5. The molecule has 4 heterocycles. The lowest BCUT2D eigenvalue weighted by Crippen LogP contribution is -2.21. The lowest BCUT2D eigenvalue weighted by Gasteiger charge is -2.03. The average molecular weight is 324 g/mol. The molecule has 4 aromatic rings. The molecule has 0 unspecified atom stereocenters. The van der Waals surface area contributed by atoms with Gasteiger partial charge >= 0.3 is 5.69 Å². The summed E-state index contributed by atoms with van der Waals surface area (Å²) in [6.07, 6.45) is 3.23. The Hall–Kier alpha value is -3.62. The van der Waals surface area contributed by atoms with E-state index in [9.17, 15) is 9.59 Å². The number of nitrogens with one attached hydrogen (secondary N) is 4. The molecular formula is C15H12N6O3. The van der Waals surface area contributed by atoms with Gasteiger partial charge < -0.3 is 14.7 Å². The van der Waals surface area contributed by atoms with Crippen molar-refractivity contribution in [3.63, 3.8) is 0 Å². The van der Waals surface area contributed by atoms with Gasteiger partial charge in [-0.15, -0.1) is 0 Å². The van der Waals surface area contributed by atoms with E-state index >= 15 is 0 Å². The maximum Gasteiger partial charge on any atom is 0.327 e. The van der Waals surface area contributed by atoms with E-state index < -0.39 is 11.2 Å². The molecule has 0 aromatic carbocycles. The molecule has 24 heavy (non-hydrogen) atoms. The van der Waals surface area contributed by atoms with Crippen molar-refractivity contribution in [2.45, 2.75) is 6.54 Å². The summed E-state index contributed by atoms with van der Waals surface area (Å²) in [5, 5.41) is 3.13. The van der Waals surface area contributed by atoms with Gasteiger partial charge in [-0.1, -0.05) is 0 Å². The maximum absolute atomic E-state index is 11.7. The van der Waals surface area contributed by atoms with Crippen molar-refractivity contribution in [1.29, 1.82) is 0 Å². The molecule has 0 aliphatic heterocycles. The Kier molecular flexibility index (Phi) is 3.23. The summed E-state index contributed by atoms with van der Waals surface area (Å²) in [6, 6.07) is 7.29. The fourth-order valence-electron chi connectivity index (χ4n) is 2.30. The number of imidazole rings is 1. The van der Waals surface area contributed by atoms with Crippen molar-refractivity contribution in [1.82, 2.24) is 24.9 Å². The van der Waals surface area contributed by atoms with Crippen LogP contribution in [0.2, 0.25) is 0 Å². The summed E-state index contributed by atoms with van der Waals surface area (Å²) in [7, 11) is 0. The van der Waals surface area contributed by atoms with Gasteiger partial charge in [-0.2, -0.15) is 0 Å². The lowest BCUT2D eigenvalue weighted by molar-refractivity contribution is 0.518. The molecule has 0 aliphatic carbocycles. The van der Waals surface area contributed by atoms with E-state index in [1.165, 1.54) is 0 Å². The minimum absolute atomic E-state index is 0.207. The van der Waals surface area contributed by atoms with Crippen LogP contribution in [0.4, 0.5) is 5.82 Å². The number of furan rings is 1. The van der Waals surface area contributed by atoms with Crippen LogP contribution in [0.1, 0.15) is 5.76 Å². The third-order valence-corrected chi connectivity index (χ3v) is 3.45. The molecule has 0 saturated heterocycles. The normalized spacial score (nSPS) is 11.0. The quantitative estimate of drug-likeness (QED) is 0.446. The summed E-state index contributed by atoms with van der Waals surface area (Å²) in [5.74, 6) is 1.93. The van der Waals surface area contributed by atoms with Crippen molar-refractivity contribution >= 4 is 17.0 Å². The van der Waals surface area contributed by atoms with Crippen molar-refractivity contribution in [2.24, 2.45) is 0 Å². The second-order valence-electron chi connectivity index (χ2n) is 5.08. The van der Waals surface area contributed by atoms with Crippen LogP contribution in [0.3, 0.4) is 0 Å². The Morgan fingerprint density at radius 3 is 2.79 bits per heavy atom. The molecule has 0 fully saturated rings. The molecule has 0 radical (unpaired) electrons. The fraction of sp³-hybridized carbons (Fsp3) is 0.0667. The van der Waals surface area contributed by atoms with Crippen LogP contribution in [0.15, 0.2) is 50.7 Å². The van der Waals surface area contributed by atoms with Crippen molar-refractivity contribution < 1.29 is 4.42 Å². The standard InChI is InChI=1S/C15H12N6O3/c22-14-11-13(20-15(23)21-14)19-12(18-11)8-3-4-10(16-6-8)17-7-9-2-1-5-24-9/h1-6H,7H2,(H,16,17)(H3,18,19,20,21,22,23). The Balaban J connectivity index is 1.59. The summed E-state index contributed by atoms with van der Waals surface area (Å²) in [4.78, 5) is 39.0. The molecule has 0 amide bonds. The van der Waals surface area contributed by atoms with Crippen molar-refractivity contribution in [2.75, 3.05) is 5.32 Å². The minimum atomic E-state index is -0.596. The van der Waals surface area contributed by atoms with Crippen LogP contribution in [-0.4, -0.2) is 24.9 Å². The first-order chi connectivity index (χ1) is 11.7. The number of hydrogen-bond acceptors (Lipinski definition) is 6.